The number of urea groups is 1. The lowest BCUT2D eigenvalue weighted by molar-refractivity contribution is 0.243. The number of hydrogen-bond donors (Lipinski definition) is 2. The van der Waals surface area contributed by atoms with Gasteiger partial charge in [-0.2, -0.15) is 5.10 Å². The van der Waals surface area contributed by atoms with E-state index in [1.165, 1.54) is 22.5 Å². The number of carbonyl (C=O) groups is 1. The van der Waals surface area contributed by atoms with Crippen LogP contribution in [0.15, 0.2) is 30.6 Å². The van der Waals surface area contributed by atoms with Crippen molar-refractivity contribution in [2.24, 2.45) is 0 Å². The number of nitrogens with zero attached hydrogens (tertiary/aromatic N) is 5. The molecule has 2 amide bonds. The Kier molecular flexibility index (Phi) is 4.61. The minimum Gasteiger partial charge on any atom is -0.333 e. The van der Waals surface area contributed by atoms with Crippen molar-refractivity contribution in [3.63, 3.8) is 0 Å². The average molecular weight is 369 g/mol. The molecule has 9 heteroatoms. The molecule has 0 spiro atoms. The number of aryl methyl sites for hydroxylation is 2. The number of amides is 2. The molecule has 0 radical (unpaired) electrons. The first-order chi connectivity index (χ1) is 12.7. The topological polar surface area (TPSA) is 97.6 Å². The predicted molar refractivity (Wildman–Crippen MR) is 98.2 cm³/mol. The Morgan fingerprint density at radius 2 is 2.15 bits per heavy atom. The second-order valence-corrected chi connectivity index (χ2v) is 7.42. The van der Waals surface area contributed by atoms with E-state index in [2.05, 4.69) is 62.1 Å². The highest BCUT2D eigenvalue weighted by Gasteiger charge is 2.21. The van der Waals surface area contributed by atoms with Crippen LogP contribution in [0.25, 0.3) is 0 Å². The predicted octanol–water partition coefficient (Wildman–Crippen LogP) is 2.17. The maximum absolute atomic E-state index is 12.2. The molecule has 4 rings (SSSR count). The summed E-state index contributed by atoms with van der Waals surface area (Å²) >= 11 is 1.39. The summed E-state index contributed by atoms with van der Waals surface area (Å²) in [5, 5.41) is 19.5. The van der Waals surface area contributed by atoms with Crippen molar-refractivity contribution in [2.45, 2.75) is 38.8 Å². The molecule has 1 unspecified atom stereocenters. The van der Waals surface area contributed by atoms with Crippen LogP contribution in [0.3, 0.4) is 0 Å². The molecule has 2 aromatic heterocycles. The van der Waals surface area contributed by atoms with Crippen LogP contribution in [0.4, 0.5) is 9.93 Å². The van der Waals surface area contributed by atoms with Crippen LogP contribution in [0.5, 0.6) is 0 Å². The number of nitrogens with one attached hydrogen (secondary N) is 2. The van der Waals surface area contributed by atoms with Gasteiger partial charge in [-0.1, -0.05) is 41.2 Å². The maximum atomic E-state index is 12.2. The molecule has 0 saturated carbocycles. The molecular formula is C17H19N7OS. The van der Waals surface area contributed by atoms with E-state index in [9.17, 15) is 4.79 Å². The molecule has 26 heavy (non-hydrogen) atoms. The van der Waals surface area contributed by atoms with Gasteiger partial charge in [0.2, 0.25) is 5.13 Å². The minimum atomic E-state index is -0.267. The fourth-order valence-corrected chi connectivity index (χ4v) is 3.70. The van der Waals surface area contributed by atoms with Gasteiger partial charge in [-0.25, -0.2) is 14.5 Å². The molecule has 1 aliphatic heterocycles. The first-order valence-corrected chi connectivity index (χ1v) is 9.29. The quantitative estimate of drug-likeness (QED) is 0.734. The fraction of sp³-hybridized carbons (Fsp3) is 0.353. The van der Waals surface area contributed by atoms with Crippen LogP contribution in [0.1, 0.15) is 28.4 Å². The van der Waals surface area contributed by atoms with E-state index in [0.717, 1.165) is 23.7 Å². The van der Waals surface area contributed by atoms with Gasteiger partial charge in [-0.15, -0.1) is 10.2 Å². The van der Waals surface area contributed by atoms with Crippen molar-refractivity contribution in [1.29, 1.82) is 0 Å². The van der Waals surface area contributed by atoms with Crippen LogP contribution < -0.4 is 10.6 Å². The molecule has 1 atom stereocenters. The molecule has 0 bridgehead atoms. The van der Waals surface area contributed by atoms with Crippen LogP contribution in [0, 0.1) is 6.92 Å². The summed E-state index contributed by atoms with van der Waals surface area (Å²) in [6.45, 7) is 2.70. The van der Waals surface area contributed by atoms with Crippen molar-refractivity contribution >= 4 is 22.5 Å². The van der Waals surface area contributed by atoms with E-state index < -0.39 is 0 Å². The first-order valence-electron chi connectivity index (χ1n) is 8.48. The largest absolute Gasteiger partial charge is 0.333 e. The third kappa shape index (κ3) is 3.88. The molecule has 0 saturated heterocycles. The summed E-state index contributed by atoms with van der Waals surface area (Å²) in [6, 6.07) is 8.08. The highest BCUT2D eigenvalue weighted by molar-refractivity contribution is 7.15. The van der Waals surface area contributed by atoms with Crippen molar-refractivity contribution in [1.82, 2.24) is 30.3 Å². The van der Waals surface area contributed by atoms with E-state index in [0.29, 0.717) is 18.1 Å². The van der Waals surface area contributed by atoms with Crippen LogP contribution in [-0.2, 0) is 19.4 Å². The normalized spacial score (nSPS) is 16.1. The second-order valence-electron chi connectivity index (χ2n) is 6.36. The van der Waals surface area contributed by atoms with Crippen molar-refractivity contribution in [2.75, 3.05) is 5.32 Å². The Morgan fingerprint density at radius 1 is 1.31 bits per heavy atom. The van der Waals surface area contributed by atoms with Crippen LogP contribution in [-0.4, -0.2) is 37.0 Å². The Hall–Kier alpha value is -2.81. The summed E-state index contributed by atoms with van der Waals surface area (Å²) in [5.41, 5.74) is 2.40. The van der Waals surface area contributed by atoms with E-state index in [-0.39, 0.29) is 12.1 Å². The van der Waals surface area contributed by atoms with E-state index in [4.69, 9.17) is 0 Å². The molecular weight excluding hydrogens is 350 g/mol. The number of rotatable bonds is 4. The molecule has 3 heterocycles. The first kappa shape index (κ1) is 16.6. The Bertz CT molecular complexity index is 902. The third-order valence-corrected chi connectivity index (χ3v) is 5.14. The Labute approximate surface area is 154 Å². The lowest BCUT2D eigenvalue weighted by Gasteiger charge is -2.23. The molecule has 1 aliphatic rings. The lowest BCUT2D eigenvalue weighted by Crippen LogP contribution is -2.43. The molecule has 0 fully saturated rings. The van der Waals surface area contributed by atoms with Gasteiger partial charge in [0.05, 0.1) is 12.6 Å². The number of fused-ring (bicyclic) bond motifs is 1. The smallest absolute Gasteiger partial charge is 0.321 e. The monoisotopic (exact) mass is 369 g/mol. The van der Waals surface area contributed by atoms with Gasteiger partial charge in [0, 0.05) is 12.8 Å². The molecule has 2 N–H and O–H groups in total. The molecule has 0 aliphatic carbocycles. The molecule has 8 nitrogen and oxygen atoms in total. The van der Waals surface area contributed by atoms with Gasteiger partial charge < -0.3 is 5.32 Å². The zero-order valence-electron chi connectivity index (χ0n) is 14.3. The van der Waals surface area contributed by atoms with E-state index >= 15 is 0 Å². The highest BCUT2D eigenvalue weighted by Crippen LogP contribution is 2.19. The number of hydrogen-bond acceptors (Lipinski definition) is 6. The number of benzene rings is 1. The van der Waals surface area contributed by atoms with Crippen molar-refractivity contribution < 1.29 is 4.79 Å². The average Bonchev–Trinajstić information content (AvgIpc) is 3.25. The van der Waals surface area contributed by atoms with Gasteiger partial charge in [0.1, 0.15) is 17.2 Å². The van der Waals surface area contributed by atoms with Crippen LogP contribution >= 0.6 is 11.3 Å². The van der Waals surface area contributed by atoms with E-state index in [1.54, 1.807) is 6.33 Å². The van der Waals surface area contributed by atoms with Crippen LogP contribution in [0.2, 0.25) is 0 Å². The third-order valence-electron chi connectivity index (χ3n) is 4.30. The number of aromatic nitrogens is 5. The lowest BCUT2D eigenvalue weighted by atomic mass is 10.1. The van der Waals surface area contributed by atoms with Crippen molar-refractivity contribution in [3.8, 4) is 0 Å². The minimum absolute atomic E-state index is 0.0316. The summed E-state index contributed by atoms with van der Waals surface area (Å²) in [6.07, 6.45) is 3.92. The standard InChI is InChI=1S/C17H19N7OS/c1-11-2-4-12(5-3-11)8-15-22-23-17(26-15)21-16(25)20-13-6-7-14-18-10-19-24(14)9-13/h2-5,10,13H,6-9H2,1H3,(H2,20,21,23,25). The van der Waals surface area contributed by atoms with Gasteiger partial charge in [0.15, 0.2) is 0 Å². The zero-order chi connectivity index (χ0) is 17.9. The number of carbonyl (C=O) groups excluding carboxylic acids is 1. The van der Waals surface area contributed by atoms with Gasteiger partial charge >= 0.3 is 6.03 Å². The molecule has 134 valence electrons. The SMILES string of the molecule is Cc1ccc(Cc2nnc(NC(=O)NC3CCc4ncnn4C3)s2)cc1. The summed E-state index contributed by atoms with van der Waals surface area (Å²) in [4.78, 5) is 16.4. The van der Waals surface area contributed by atoms with Gasteiger partial charge in [-0.3, -0.25) is 5.32 Å². The number of anilines is 1. The summed E-state index contributed by atoms with van der Waals surface area (Å²) < 4.78 is 1.83. The Morgan fingerprint density at radius 3 is 3.00 bits per heavy atom. The fourth-order valence-electron chi connectivity index (χ4n) is 2.93. The maximum Gasteiger partial charge on any atom is 0.321 e. The van der Waals surface area contributed by atoms with E-state index in [1.807, 2.05) is 4.68 Å². The zero-order valence-corrected chi connectivity index (χ0v) is 15.2. The summed E-state index contributed by atoms with van der Waals surface area (Å²) in [5.74, 6) is 0.966. The Balaban J connectivity index is 1.31. The second kappa shape index (κ2) is 7.20. The highest BCUT2D eigenvalue weighted by atomic mass is 32.1. The van der Waals surface area contributed by atoms with Gasteiger partial charge in [-0.05, 0) is 18.9 Å². The van der Waals surface area contributed by atoms with Gasteiger partial charge in [0.25, 0.3) is 0 Å². The summed E-state index contributed by atoms with van der Waals surface area (Å²) in [7, 11) is 0. The molecule has 3 aromatic rings. The molecule has 1 aromatic carbocycles. The van der Waals surface area contributed by atoms with Crippen molar-refractivity contribution in [3.05, 3.63) is 52.6 Å².